The van der Waals surface area contributed by atoms with E-state index in [0.717, 1.165) is 0 Å². The van der Waals surface area contributed by atoms with Crippen molar-refractivity contribution in [3.63, 3.8) is 0 Å². The molecule has 0 unspecified atom stereocenters. The van der Waals surface area contributed by atoms with Crippen molar-refractivity contribution < 1.29 is 19.4 Å². The standard InChI is InChI=1S/C18H18O4/c1-3-22-16-10-6-4-8-13(16)12-15(18(19)20)14-9-5-7-11-17(14)21-2/h4-12H,3H2,1-2H3,(H,19,20)/b15-12+. The molecule has 0 aliphatic rings. The van der Waals surface area contributed by atoms with Crippen LogP contribution in [0.15, 0.2) is 48.5 Å². The molecule has 0 heterocycles. The Morgan fingerprint density at radius 1 is 1.09 bits per heavy atom. The number of carboxylic acid groups (broad SMARTS) is 1. The van der Waals surface area contributed by atoms with Crippen molar-refractivity contribution >= 4 is 17.6 Å². The average Bonchev–Trinajstić information content (AvgIpc) is 2.54. The van der Waals surface area contributed by atoms with E-state index in [1.165, 1.54) is 7.11 Å². The molecule has 0 aliphatic carbocycles. The molecule has 4 heteroatoms. The molecule has 2 aromatic rings. The topological polar surface area (TPSA) is 55.8 Å². The Morgan fingerprint density at radius 2 is 1.73 bits per heavy atom. The number of carbonyl (C=O) groups is 1. The zero-order valence-electron chi connectivity index (χ0n) is 12.6. The predicted molar refractivity (Wildman–Crippen MR) is 86.1 cm³/mol. The third kappa shape index (κ3) is 3.47. The molecule has 0 aromatic heterocycles. The van der Waals surface area contributed by atoms with E-state index in [2.05, 4.69) is 0 Å². The van der Waals surface area contributed by atoms with Crippen molar-refractivity contribution in [3.8, 4) is 11.5 Å². The van der Waals surface area contributed by atoms with Gasteiger partial charge in [0, 0.05) is 11.1 Å². The molecule has 0 bridgehead atoms. The van der Waals surface area contributed by atoms with E-state index in [1.807, 2.05) is 31.2 Å². The normalized spacial score (nSPS) is 11.1. The number of methoxy groups -OCH3 is 1. The van der Waals surface area contributed by atoms with Crippen molar-refractivity contribution in [3.05, 3.63) is 59.7 Å². The number of para-hydroxylation sites is 2. The van der Waals surface area contributed by atoms with E-state index < -0.39 is 5.97 Å². The third-order valence-corrected chi connectivity index (χ3v) is 3.15. The Labute approximate surface area is 129 Å². The fourth-order valence-corrected chi connectivity index (χ4v) is 2.16. The summed E-state index contributed by atoms with van der Waals surface area (Å²) in [4.78, 5) is 11.7. The molecule has 4 nitrogen and oxygen atoms in total. The van der Waals surface area contributed by atoms with Gasteiger partial charge in [-0.1, -0.05) is 36.4 Å². The summed E-state index contributed by atoms with van der Waals surface area (Å²) in [6.45, 7) is 2.40. The molecule has 22 heavy (non-hydrogen) atoms. The van der Waals surface area contributed by atoms with E-state index in [-0.39, 0.29) is 5.57 Å². The lowest BCUT2D eigenvalue weighted by Crippen LogP contribution is -2.02. The minimum atomic E-state index is -1.02. The van der Waals surface area contributed by atoms with Gasteiger partial charge in [0.2, 0.25) is 0 Å². The summed E-state index contributed by atoms with van der Waals surface area (Å²) in [5.41, 5.74) is 1.40. The fraction of sp³-hybridized carbons (Fsp3) is 0.167. The smallest absolute Gasteiger partial charge is 0.336 e. The van der Waals surface area contributed by atoms with E-state index >= 15 is 0 Å². The number of hydrogen-bond donors (Lipinski definition) is 1. The molecule has 2 rings (SSSR count). The Balaban J connectivity index is 2.55. The van der Waals surface area contributed by atoms with Crippen LogP contribution in [0.1, 0.15) is 18.1 Å². The van der Waals surface area contributed by atoms with Gasteiger partial charge in [-0.05, 0) is 25.1 Å². The number of rotatable bonds is 6. The quantitative estimate of drug-likeness (QED) is 0.652. The van der Waals surface area contributed by atoms with Crippen LogP contribution in [0.3, 0.4) is 0 Å². The first-order chi connectivity index (χ1) is 10.7. The number of aliphatic carboxylic acids is 1. The molecule has 0 saturated heterocycles. The predicted octanol–water partition coefficient (Wildman–Crippen LogP) is 3.72. The fourth-order valence-electron chi connectivity index (χ4n) is 2.16. The van der Waals surface area contributed by atoms with Crippen molar-refractivity contribution in [2.75, 3.05) is 13.7 Å². The number of carboxylic acids is 1. The molecule has 0 aliphatic heterocycles. The molecule has 2 aromatic carbocycles. The lowest BCUT2D eigenvalue weighted by Gasteiger charge is -2.11. The molecule has 0 spiro atoms. The van der Waals surface area contributed by atoms with Crippen molar-refractivity contribution in [2.24, 2.45) is 0 Å². The number of ether oxygens (including phenoxy) is 2. The third-order valence-electron chi connectivity index (χ3n) is 3.15. The van der Waals surface area contributed by atoms with Crippen LogP contribution in [0, 0.1) is 0 Å². The van der Waals surface area contributed by atoms with E-state index in [4.69, 9.17) is 9.47 Å². The second-order valence-corrected chi connectivity index (χ2v) is 4.53. The van der Waals surface area contributed by atoms with Crippen LogP contribution in [0.4, 0.5) is 0 Å². The van der Waals surface area contributed by atoms with Crippen molar-refractivity contribution in [2.45, 2.75) is 6.92 Å². The highest BCUT2D eigenvalue weighted by molar-refractivity contribution is 6.21. The lowest BCUT2D eigenvalue weighted by molar-refractivity contribution is -0.130. The van der Waals surface area contributed by atoms with Crippen LogP contribution >= 0.6 is 0 Å². The Morgan fingerprint density at radius 3 is 2.36 bits per heavy atom. The van der Waals surface area contributed by atoms with Gasteiger partial charge in [0.1, 0.15) is 11.5 Å². The number of benzene rings is 2. The number of hydrogen-bond acceptors (Lipinski definition) is 3. The molecule has 0 atom stereocenters. The molecule has 0 fully saturated rings. The van der Waals surface area contributed by atoms with Crippen LogP contribution in [0.2, 0.25) is 0 Å². The van der Waals surface area contributed by atoms with E-state index in [9.17, 15) is 9.90 Å². The molecular weight excluding hydrogens is 280 g/mol. The first-order valence-corrected chi connectivity index (χ1v) is 6.97. The lowest BCUT2D eigenvalue weighted by atomic mass is 10.0. The summed E-state index contributed by atoms with van der Waals surface area (Å²) in [5, 5.41) is 9.56. The molecule has 1 N–H and O–H groups in total. The highest BCUT2D eigenvalue weighted by Gasteiger charge is 2.16. The van der Waals surface area contributed by atoms with Crippen LogP contribution in [0.25, 0.3) is 11.6 Å². The highest BCUT2D eigenvalue weighted by Crippen LogP contribution is 2.30. The van der Waals surface area contributed by atoms with Gasteiger partial charge in [-0.15, -0.1) is 0 Å². The Hall–Kier alpha value is -2.75. The van der Waals surface area contributed by atoms with E-state index in [0.29, 0.717) is 29.2 Å². The summed E-state index contributed by atoms with van der Waals surface area (Å²) < 4.78 is 10.8. The minimum absolute atomic E-state index is 0.157. The van der Waals surface area contributed by atoms with Gasteiger partial charge in [0.25, 0.3) is 0 Å². The largest absolute Gasteiger partial charge is 0.496 e. The molecule has 0 saturated carbocycles. The molecule has 0 radical (unpaired) electrons. The molecule has 0 amide bonds. The van der Waals surface area contributed by atoms with Gasteiger partial charge >= 0.3 is 5.97 Å². The van der Waals surface area contributed by atoms with Crippen LogP contribution in [-0.4, -0.2) is 24.8 Å². The maximum atomic E-state index is 11.7. The second-order valence-electron chi connectivity index (χ2n) is 4.53. The summed E-state index contributed by atoms with van der Waals surface area (Å²) in [6.07, 6.45) is 1.60. The molecular formula is C18H18O4. The maximum Gasteiger partial charge on any atom is 0.336 e. The Kier molecular flexibility index (Phi) is 5.20. The monoisotopic (exact) mass is 298 g/mol. The zero-order chi connectivity index (χ0) is 15.9. The van der Waals surface area contributed by atoms with Gasteiger partial charge in [-0.25, -0.2) is 4.79 Å². The molecule has 114 valence electrons. The van der Waals surface area contributed by atoms with Gasteiger partial charge in [0.15, 0.2) is 0 Å². The second kappa shape index (κ2) is 7.31. The van der Waals surface area contributed by atoms with Crippen LogP contribution in [0.5, 0.6) is 11.5 Å². The van der Waals surface area contributed by atoms with Gasteiger partial charge in [-0.2, -0.15) is 0 Å². The minimum Gasteiger partial charge on any atom is -0.496 e. The van der Waals surface area contributed by atoms with Crippen molar-refractivity contribution in [1.29, 1.82) is 0 Å². The maximum absolute atomic E-state index is 11.7. The summed E-state index contributed by atoms with van der Waals surface area (Å²) in [7, 11) is 1.52. The van der Waals surface area contributed by atoms with Crippen molar-refractivity contribution in [1.82, 2.24) is 0 Å². The average molecular weight is 298 g/mol. The van der Waals surface area contributed by atoms with E-state index in [1.54, 1.807) is 30.3 Å². The van der Waals surface area contributed by atoms with Gasteiger partial charge < -0.3 is 14.6 Å². The highest BCUT2D eigenvalue weighted by atomic mass is 16.5. The zero-order valence-corrected chi connectivity index (χ0v) is 12.6. The van der Waals surface area contributed by atoms with Gasteiger partial charge in [-0.3, -0.25) is 0 Å². The Bertz CT molecular complexity index is 689. The first-order valence-electron chi connectivity index (χ1n) is 6.97. The summed E-state index contributed by atoms with van der Waals surface area (Å²) in [6, 6.07) is 14.4. The van der Waals surface area contributed by atoms with Crippen LogP contribution in [-0.2, 0) is 4.79 Å². The van der Waals surface area contributed by atoms with Gasteiger partial charge in [0.05, 0.1) is 19.3 Å². The first kappa shape index (κ1) is 15.6. The summed E-state index contributed by atoms with van der Waals surface area (Å²) >= 11 is 0. The SMILES string of the molecule is CCOc1ccccc1/C=C(/C(=O)O)c1ccccc1OC. The van der Waals surface area contributed by atoms with Crippen LogP contribution < -0.4 is 9.47 Å². The summed E-state index contributed by atoms with van der Waals surface area (Å²) in [5.74, 6) is 0.152.